The van der Waals surface area contributed by atoms with Crippen molar-refractivity contribution in [3.05, 3.63) is 35.6 Å². The minimum absolute atomic E-state index is 0.202. The Balaban J connectivity index is 2.68. The van der Waals surface area contributed by atoms with Gasteiger partial charge in [-0.1, -0.05) is 26.0 Å². The molecule has 0 atom stereocenters. The molecule has 19 heavy (non-hydrogen) atoms. The molecule has 0 aromatic heterocycles. The summed E-state index contributed by atoms with van der Waals surface area (Å²) in [5.74, 6) is 1.22. The van der Waals surface area contributed by atoms with Crippen LogP contribution >= 0.6 is 0 Å². The maximum Gasteiger partial charge on any atom is 0.193 e. The molecule has 0 bridgehead atoms. The Labute approximate surface area is 115 Å². The van der Waals surface area contributed by atoms with Gasteiger partial charge in [-0.05, 0) is 30.5 Å². The van der Waals surface area contributed by atoms with Gasteiger partial charge in [0.2, 0.25) is 0 Å². The zero-order valence-corrected chi connectivity index (χ0v) is 12.3. The van der Waals surface area contributed by atoms with E-state index in [9.17, 15) is 4.39 Å². The Morgan fingerprint density at radius 2 is 1.95 bits per heavy atom. The predicted molar refractivity (Wildman–Crippen MR) is 78.7 cm³/mol. The summed E-state index contributed by atoms with van der Waals surface area (Å²) >= 11 is 0. The third-order valence-corrected chi connectivity index (χ3v) is 2.64. The third kappa shape index (κ3) is 5.73. The lowest BCUT2D eigenvalue weighted by Crippen LogP contribution is -2.38. The Bertz CT molecular complexity index is 398. The normalized spacial score (nSPS) is 11.8. The van der Waals surface area contributed by atoms with E-state index < -0.39 is 0 Å². The van der Waals surface area contributed by atoms with Crippen LogP contribution in [0.1, 0.15) is 26.3 Å². The van der Waals surface area contributed by atoms with Gasteiger partial charge in [0.25, 0.3) is 0 Å². The lowest BCUT2D eigenvalue weighted by atomic mass is 10.2. The molecule has 106 valence electrons. The molecule has 0 aliphatic rings. The van der Waals surface area contributed by atoms with Crippen LogP contribution in [-0.2, 0) is 6.54 Å². The fourth-order valence-electron chi connectivity index (χ4n) is 1.68. The summed E-state index contributed by atoms with van der Waals surface area (Å²) in [7, 11) is 1.99. The first-order valence-electron chi connectivity index (χ1n) is 6.76. The van der Waals surface area contributed by atoms with Gasteiger partial charge in [-0.25, -0.2) is 4.39 Å². The van der Waals surface area contributed by atoms with Crippen LogP contribution in [0, 0.1) is 11.7 Å². The molecular weight excluding hydrogens is 241 g/mol. The molecule has 0 amide bonds. The molecule has 0 aliphatic heterocycles. The van der Waals surface area contributed by atoms with Crippen molar-refractivity contribution in [1.82, 2.24) is 10.2 Å². The quantitative estimate of drug-likeness (QED) is 0.655. The van der Waals surface area contributed by atoms with Crippen molar-refractivity contribution in [2.24, 2.45) is 10.9 Å². The van der Waals surface area contributed by atoms with E-state index in [-0.39, 0.29) is 5.82 Å². The van der Waals surface area contributed by atoms with Crippen molar-refractivity contribution < 1.29 is 4.39 Å². The number of hydrogen-bond donors (Lipinski definition) is 1. The minimum Gasteiger partial charge on any atom is -0.357 e. The van der Waals surface area contributed by atoms with Gasteiger partial charge in [0, 0.05) is 26.7 Å². The minimum atomic E-state index is -0.202. The monoisotopic (exact) mass is 265 g/mol. The second-order valence-corrected chi connectivity index (χ2v) is 5.07. The number of halogens is 1. The second-order valence-electron chi connectivity index (χ2n) is 5.07. The highest BCUT2D eigenvalue weighted by atomic mass is 19.1. The summed E-state index contributed by atoms with van der Waals surface area (Å²) in [4.78, 5) is 6.64. The summed E-state index contributed by atoms with van der Waals surface area (Å²) < 4.78 is 12.9. The lowest BCUT2D eigenvalue weighted by Gasteiger charge is -2.22. The third-order valence-electron chi connectivity index (χ3n) is 2.64. The Morgan fingerprint density at radius 3 is 2.47 bits per heavy atom. The number of nitrogens with one attached hydrogen (secondary N) is 1. The SMILES string of the molecule is CCNC(=NCC(C)C)N(C)Cc1ccc(F)cc1. The number of guanidine groups is 1. The van der Waals surface area contributed by atoms with Crippen LogP contribution in [0.3, 0.4) is 0 Å². The summed E-state index contributed by atoms with van der Waals surface area (Å²) in [5.41, 5.74) is 1.07. The highest BCUT2D eigenvalue weighted by molar-refractivity contribution is 5.79. The topological polar surface area (TPSA) is 27.6 Å². The summed E-state index contributed by atoms with van der Waals surface area (Å²) in [6.07, 6.45) is 0. The fraction of sp³-hybridized carbons (Fsp3) is 0.533. The second kappa shape index (κ2) is 7.77. The molecule has 0 spiro atoms. The van der Waals surface area contributed by atoms with Crippen LogP contribution in [0.4, 0.5) is 4.39 Å². The summed E-state index contributed by atoms with van der Waals surface area (Å²) in [5, 5.41) is 3.27. The number of nitrogens with zero attached hydrogens (tertiary/aromatic N) is 2. The molecule has 0 fully saturated rings. The molecular formula is C15H24FN3. The molecule has 0 saturated carbocycles. The van der Waals surface area contributed by atoms with Crippen LogP contribution < -0.4 is 5.32 Å². The average Bonchev–Trinajstić information content (AvgIpc) is 2.37. The van der Waals surface area contributed by atoms with Crippen LogP contribution in [0.25, 0.3) is 0 Å². The molecule has 1 aromatic rings. The standard InChI is InChI=1S/C15H24FN3/c1-5-17-15(18-10-12(2)3)19(4)11-13-6-8-14(16)9-7-13/h6-9,12H,5,10-11H2,1-4H3,(H,17,18). The molecule has 1 N–H and O–H groups in total. The lowest BCUT2D eigenvalue weighted by molar-refractivity contribution is 0.473. The number of aliphatic imine (C=N–C) groups is 1. The van der Waals surface area contributed by atoms with Gasteiger partial charge in [-0.15, -0.1) is 0 Å². The van der Waals surface area contributed by atoms with Crippen molar-refractivity contribution in [2.45, 2.75) is 27.3 Å². The highest BCUT2D eigenvalue weighted by Crippen LogP contribution is 2.06. The maximum absolute atomic E-state index is 12.9. The predicted octanol–water partition coefficient (Wildman–Crippen LogP) is 2.88. The van der Waals surface area contributed by atoms with Crippen molar-refractivity contribution >= 4 is 5.96 Å². The van der Waals surface area contributed by atoms with Gasteiger partial charge in [-0.3, -0.25) is 4.99 Å². The Morgan fingerprint density at radius 1 is 1.32 bits per heavy atom. The van der Waals surface area contributed by atoms with Gasteiger partial charge in [0.15, 0.2) is 5.96 Å². The molecule has 0 unspecified atom stereocenters. The van der Waals surface area contributed by atoms with E-state index in [0.29, 0.717) is 12.5 Å². The summed E-state index contributed by atoms with van der Waals surface area (Å²) in [6.45, 7) is 8.70. The molecule has 4 heteroatoms. The Kier molecular flexibility index (Phi) is 6.33. The Hall–Kier alpha value is -1.58. The van der Waals surface area contributed by atoms with E-state index >= 15 is 0 Å². The zero-order valence-electron chi connectivity index (χ0n) is 12.3. The van der Waals surface area contributed by atoms with Crippen molar-refractivity contribution in [2.75, 3.05) is 20.1 Å². The van der Waals surface area contributed by atoms with Crippen LogP contribution in [0.5, 0.6) is 0 Å². The van der Waals surface area contributed by atoms with E-state index in [2.05, 4.69) is 36.0 Å². The van der Waals surface area contributed by atoms with E-state index in [4.69, 9.17) is 0 Å². The molecule has 0 saturated heterocycles. The van der Waals surface area contributed by atoms with E-state index in [1.165, 1.54) is 12.1 Å². The first-order chi connectivity index (χ1) is 9.02. The molecule has 0 heterocycles. The fourth-order valence-corrected chi connectivity index (χ4v) is 1.68. The van der Waals surface area contributed by atoms with Gasteiger partial charge in [0.05, 0.1) is 0 Å². The van der Waals surface area contributed by atoms with E-state index in [1.807, 2.05) is 7.05 Å². The number of hydrogen-bond acceptors (Lipinski definition) is 1. The summed E-state index contributed by atoms with van der Waals surface area (Å²) in [6, 6.07) is 6.58. The first kappa shape index (κ1) is 15.5. The van der Waals surface area contributed by atoms with Crippen molar-refractivity contribution in [1.29, 1.82) is 0 Å². The zero-order chi connectivity index (χ0) is 14.3. The largest absolute Gasteiger partial charge is 0.357 e. The maximum atomic E-state index is 12.9. The molecule has 1 rings (SSSR count). The first-order valence-corrected chi connectivity index (χ1v) is 6.76. The van der Waals surface area contributed by atoms with Crippen LogP contribution in [0.15, 0.2) is 29.3 Å². The van der Waals surface area contributed by atoms with Gasteiger partial charge < -0.3 is 10.2 Å². The number of rotatable bonds is 5. The van der Waals surface area contributed by atoms with Gasteiger partial charge in [0.1, 0.15) is 5.82 Å². The van der Waals surface area contributed by atoms with E-state index in [0.717, 1.165) is 24.6 Å². The van der Waals surface area contributed by atoms with Crippen molar-refractivity contribution in [3.8, 4) is 0 Å². The van der Waals surface area contributed by atoms with Gasteiger partial charge >= 0.3 is 0 Å². The smallest absolute Gasteiger partial charge is 0.193 e. The van der Waals surface area contributed by atoms with Crippen LogP contribution in [-0.4, -0.2) is 31.0 Å². The molecule has 3 nitrogen and oxygen atoms in total. The number of benzene rings is 1. The highest BCUT2D eigenvalue weighted by Gasteiger charge is 2.06. The van der Waals surface area contributed by atoms with Crippen LogP contribution in [0.2, 0.25) is 0 Å². The van der Waals surface area contributed by atoms with Gasteiger partial charge in [-0.2, -0.15) is 0 Å². The average molecular weight is 265 g/mol. The molecule has 0 radical (unpaired) electrons. The molecule has 0 aliphatic carbocycles. The van der Waals surface area contributed by atoms with E-state index in [1.54, 1.807) is 12.1 Å². The van der Waals surface area contributed by atoms with Crippen molar-refractivity contribution in [3.63, 3.8) is 0 Å². The molecule has 1 aromatic carbocycles.